The summed E-state index contributed by atoms with van der Waals surface area (Å²) in [6.07, 6.45) is 5.58. The Morgan fingerprint density at radius 1 is 1.00 bits per heavy atom. The summed E-state index contributed by atoms with van der Waals surface area (Å²) in [5.74, 6) is 1.76. The quantitative estimate of drug-likeness (QED) is 0.581. The molecule has 4 nitrogen and oxygen atoms in total. The van der Waals surface area contributed by atoms with Gasteiger partial charge in [0.25, 0.3) is 0 Å². The van der Waals surface area contributed by atoms with E-state index < -0.39 is 0 Å². The van der Waals surface area contributed by atoms with Gasteiger partial charge in [0.15, 0.2) is 0 Å². The predicted octanol–water partition coefficient (Wildman–Crippen LogP) is 5.04. The second-order valence-electron chi connectivity index (χ2n) is 10.2. The minimum Gasteiger partial charge on any atom is -0.465 e. The Hall–Kier alpha value is -0.900. The molecule has 0 spiro atoms. The fraction of sp³-hybridized carbons (Fsp3) is 0.913. The average molecular weight is 381 g/mol. The van der Waals surface area contributed by atoms with Gasteiger partial charge < -0.3 is 9.47 Å². The van der Waals surface area contributed by atoms with Crippen LogP contribution in [-0.2, 0) is 19.1 Å². The molecule has 2 aliphatic rings. The van der Waals surface area contributed by atoms with Crippen molar-refractivity contribution in [2.75, 3.05) is 13.2 Å². The molecule has 1 aliphatic carbocycles. The van der Waals surface area contributed by atoms with Crippen LogP contribution in [-0.4, -0.2) is 31.1 Å². The van der Waals surface area contributed by atoms with Gasteiger partial charge >= 0.3 is 5.97 Å². The minimum absolute atomic E-state index is 0.0377. The molecular weight excluding hydrogens is 340 g/mol. The Balaban J connectivity index is 1.78. The van der Waals surface area contributed by atoms with Crippen LogP contribution in [0.3, 0.4) is 0 Å². The summed E-state index contributed by atoms with van der Waals surface area (Å²) in [6.45, 7) is 13.8. The van der Waals surface area contributed by atoms with Gasteiger partial charge in [0.1, 0.15) is 5.78 Å². The zero-order valence-electron chi connectivity index (χ0n) is 18.3. The molecule has 27 heavy (non-hydrogen) atoms. The van der Waals surface area contributed by atoms with Gasteiger partial charge in [-0.2, -0.15) is 0 Å². The van der Waals surface area contributed by atoms with Gasteiger partial charge in [-0.1, -0.05) is 41.0 Å². The lowest BCUT2D eigenvalue weighted by Gasteiger charge is -2.33. The number of esters is 1. The lowest BCUT2D eigenvalue weighted by molar-refractivity contribution is -0.155. The summed E-state index contributed by atoms with van der Waals surface area (Å²) in [4.78, 5) is 25.3. The Morgan fingerprint density at radius 2 is 1.70 bits per heavy atom. The highest BCUT2D eigenvalue weighted by Crippen LogP contribution is 2.35. The van der Waals surface area contributed by atoms with Crippen molar-refractivity contribution >= 4 is 11.8 Å². The Labute approximate surface area is 165 Å². The maximum absolute atomic E-state index is 12.7. The lowest BCUT2D eigenvalue weighted by atomic mass is 9.75. The van der Waals surface area contributed by atoms with Crippen molar-refractivity contribution in [3.05, 3.63) is 0 Å². The number of ether oxygens (including phenoxy) is 2. The third-order valence-electron chi connectivity index (χ3n) is 6.74. The van der Waals surface area contributed by atoms with E-state index in [1.165, 1.54) is 6.42 Å². The van der Waals surface area contributed by atoms with E-state index in [2.05, 4.69) is 34.6 Å². The first-order valence-electron chi connectivity index (χ1n) is 10.9. The molecule has 0 amide bonds. The van der Waals surface area contributed by atoms with E-state index in [1.807, 2.05) is 6.92 Å². The van der Waals surface area contributed by atoms with E-state index in [4.69, 9.17) is 9.47 Å². The van der Waals surface area contributed by atoms with Crippen LogP contribution in [0, 0.1) is 35.0 Å². The first-order chi connectivity index (χ1) is 12.6. The standard InChI is InChI=1S/C23H40O4/c1-15-7-8-16(2)20(11-15)22(25)27-14-23(5,6)10-9-21(24)19-12-18(4)26-13-17(19)3/h15-20H,7-14H2,1-6H3. The third-order valence-corrected chi connectivity index (χ3v) is 6.74. The highest BCUT2D eigenvalue weighted by Gasteiger charge is 2.35. The summed E-state index contributed by atoms with van der Waals surface area (Å²) < 4.78 is 11.4. The van der Waals surface area contributed by atoms with Crippen LogP contribution < -0.4 is 0 Å². The van der Waals surface area contributed by atoms with Crippen molar-refractivity contribution in [3.8, 4) is 0 Å². The van der Waals surface area contributed by atoms with Crippen LogP contribution >= 0.6 is 0 Å². The molecule has 0 aromatic rings. The Bertz CT molecular complexity index is 469. The van der Waals surface area contributed by atoms with Gasteiger partial charge in [-0.25, -0.2) is 0 Å². The van der Waals surface area contributed by atoms with Crippen molar-refractivity contribution in [2.45, 2.75) is 86.2 Å². The van der Waals surface area contributed by atoms with Crippen molar-refractivity contribution in [3.63, 3.8) is 0 Å². The molecule has 1 saturated carbocycles. The van der Waals surface area contributed by atoms with Gasteiger partial charge in [-0.05, 0) is 55.8 Å². The first-order valence-corrected chi connectivity index (χ1v) is 10.9. The molecule has 0 aromatic carbocycles. The summed E-state index contributed by atoms with van der Waals surface area (Å²) in [6, 6.07) is 0. The van der Waals surface area contributed by atoms with E-state index in [-0.39, 0.29) is 29.3 Å². The fourth-order valence-electron chi connectivity index (χ4n) is 4.49. The van der Waals surface area contributed by atoms with Crippen molar-refractivity contribution in [2.24, 2.45) is 35.0 Å². The average Bonchev–Trinajstić information content (AvgIpc) is 2.62. The second-order valence-corrected chi connectivity index (χ2v) is 10.2. The van der Waals surface area contributed by atoms with Crippen molar-refractivity contribution in [1.82, 2.24) is 0 Å². The molecule has 0 N–H and O–H groups in total. The molecule has 1 heterocycles. The van der Waals surface area contributed by atoms with Gasteiger partial charge in [0.05, 0.1) is 25.2 Å². The fourth-order valence-corrected chi connectivity index (χ4v) is 4.49. The summed E-state index contributed by atoms with van der Waals surface area (Å²) >= 11 is 0. The molecule has 2 rings (SSSR count). The van der Waals surface area contributed by atoms with E-state index >= 15 is 0 Å². The maximum Gasteiger partial charge on any atom is 0.309 e. The zero-order chi connectivity index (χ0) is 20.2. The molecule has 1 saturated heterocycles. The molecule has 156 valence electrons. The number of hydrogen-bond acceptors (Lipinski definition) is 4. The highest BCUT2D eigenvalue weighted by atomic mass is 16.5. The second kappa shape index (κ2) is 9.54. The molecule has 1 aliphatic heterocycles. The maximum atomic E-state index is 12.7. The third kappa shape index (κ3) is 6.58. The lowest BCUT2D eigenvalue weighted by Crippen LogP contribution is -2.36. The SMILES string of the molecule is CC1CCC(C)C(C(=O)OCC(C)(C)CCC(=O)C2CC(C)OCC2C)C1. The first kappa shape index (κ1) is 22.4. The largest absolute Gasteiger partial charge is 0.465 e. The van der Waals surface area contributed by atoms with Crippen LogP contribution in [0.4, 0.5) is 0 Å². The van der Waals surface area contributed by atoms with E-state index in [1.54, 1.807) is 0 Å². The van der Waals surface area contributed by atoms with E-state index in [9.17, 15) is 9.59 Å². The molecule has 0 aromatic heterocycles. The number of ketones is 1. The Kier molecular flexibility index (Phi) is 7.91. The van der Waals surface area contributed by atoms with Crippen LogP contribution in [0.1, 0.15) is 80.1 Å². The van der Waals surface area contributed by atoms with Crippen LogP contribution in [0.5, 0.6) is 0 Å². The molecule has 6 unspecified atom stereocenters. The van der Waals surface area contributed by atoms with Gasteiger partial charge in [-0.15, -0.1) is 0 Å². The van der Waals surface area contributed by atoms with Gasteiger partial charge in [-0.3, -0.25) is 9.59 Å². The van der Waals surface area contributed by atoms with Crippen molar-refractivity contribution in [1.29, 1.82) is 0 Å². The van der Waals surface area contributed by atoms with Crippen molar-refractivity contribution < 1.29 is 19.1 Å². The minimum atomic E-state index is -0.172. The Morgan fingerprint density at radius 3 is 2.41 bits per heavy atom. The monoisotopic (exact) mass is 380 g/mol. The molecular formula is C23H40O4. The number of hydrogen-bond donors (Lipinski definition) is 0. The molecule has 2 fully saturated rings. The zero-order valence-corrected chi connectivity index (χ0v) is 18.3. The van der Waals surface area contributed by atoms with E-state index in [0.717, 1.165) is 25.7 Å². The molecule has 6 atom stereocenters. The van der Waals surface area contributed by atoms with Crippen LogP contribution in [0.15, 0.2) is 0 Å². The van der Waals surface area contributed by atoms with Crippen LogP contribution in [0.2, 0.25) is 0 Å². The van der Waals surface area contributed by atoms with E-state index in [0.29, 0.717) is 43.2 Å². The molecule has 4 heteroatoms. The predicted molar refractivity (Wildman–Crippen MR) is 107 cm³/mol. The number of rotatable bonds is 7. The highest BCUT2D eigenvalue weighted by molar-refractivity contribution is 5.81. The number of Topliss-reactive ketones (excluding diaryl/α,β-unsaturated/α-hetero) is 1. The topological polar surface area (TPSA) is 52.6 Å². The molecule has 0 radical (unpaired) electrons. The van der Waals surface area contributed by atoms with Crippen LogP contribution in [0.25, 0.3) is 0 Å². The summed E-state index contributed by atoms with van der Waals surface area (Å²) in [5, 5.41) is 0. The van der Waals surface area contributed by atoms with Gasteiger partial charge in [0.2, 0.25) is 0 Å². The normalized spacial score (nSPS) is 34.9. The number of carbonyl (C=O) groups is 2. The summed E-state index contributed by atoms with van der Waals surface area (Å²) in [5.41, 5.74) is -0.172. The summed E-state index contributed by atoms with van der Waals surface area (Å²) in [7, 11) is 0. The smallest absolute Gasteiger partial charge is 0.309 e. The number of carbonyl (C=O) groups excluding carboxylic acids is 2. The van der Waals surface area contributed by atoms with Gasteiger partial charge in [0, 0.05) is 12.3 Å². The molecule has 0 bridgehead atoms.